The van der Waals surface area contributed by atoms with Crippen molar-refractivity contribution in [1.82, 2.24) is 9.88 Å². The predicted octanol–water partition coefficient (Wildman–Crippen LogP) is 4.86. The van der Waals surface area contributed by atoms with Crippen molar-refractivity contribution >= 4 is 44.2 Å². The number of hydrogen-bond donors (Lipinski definition) is 0. The first-order valence-electron chi connectivity index (χ1n) is 10.7. The van der Waals surface area contributed by atoms with Crippen LogP contribution in [-0.2, 0) is 16.0 Å². The third-order valence-electron chi connectivity index (χ3n) is 5.67. The van der Waals surface area contributed by atoms with Gasteiger partial charge in [-0.2, -0.15) is 0 Å². The summed E-state index contributed by atoms with van der Waals surface area (Å²) in [7, 11) is 0. The van der Waals surface area contributed by atoms with E-state index in [2.05, 4.69) is 36.9 Å². The van der Waals surface area contributed by atoms with Gasteiger partial charge in [0.15, 0.2) is 5.13 Å². The number of benzene rings is 2. The fourth-order valence-corrected chi connectivity index (χ4v) is 5.19. The molecule has 0 spiro atoms. The van der Waals surface area contributed by atoms with Crippen molar-refractivity contribution in [3.05, 3.63) is 58.1 Å². The first-order valence-corrected chi connectivity index (χ1v) is 11.9. The highest BCUT2D eigenvalue weighted by atomic mass is 35.5. The van der Waals surface area contributed by atoms with Crippen molar-refractivity contribution < 1.29 is 9.53 Å². The van der Waals surface area contributed by atoms with E-state index in [9.17, 15) is 4.79 Å². The van der Waals surface area contributed by atoms with Crippen LogP contribution in [0.2, 0.25) is 5.02 Å². The van der Waals surface area contributed by atoms with Gasteiger partial charge >= 0.3 is 0 Å². The number of fused-ring (bicyclic) bond motifs is 1. The molecule has 4 rings (SSSR count). The smallest absolute Gasteiger partial charge is 0.233 e. The maximum absolute atomic E-state index is 13.4. The lowest BCUT2D eigenvalue weighted by Gasteiger charge is -2.27. The monoisotopic (exact) mass is 457 g/mol. The summed E-state index contributed by atoms with van der Waals surface area (Å²) in [5, 5.41) is 1.43. The Bertz CT molecular complexity index is 1060. The Morgan fingerprint density at radius 3 is 2.77 bits per heavy atom. The van der Waals surface area contributed by atoms with Gasteiger partial charge in [0.2, 0.25) is 5.91 Å². The zero-order chi connectivity index (χ0) is 21.8. The molecular weight excluding hydrogens is 430 g/mol. The molecule has 1 fully saturated rings. The van der Waals surface area contributed by atoms with Gasteiger partial charge in [0.1, 0.15) is 0 Å². The maximum Gasteiger partial charge on any atom is 0.233 e. The molecule has 0 aliphatic carbocycles. The standard InChI is InChI=1S/C24H28ClN3O2S/c1-17-4-5-19(18(2)14-17)15-23(29)28(9-3-8-27-10-12-30-13-11-27)24-26-21-7-6-20(25)16-22(21)31-24/h4-7,14,16H,3,8-13,15H2,1-2H3. The van der Waals surface area contributed by atoms with Gasteiger partial charge in [-0.3, -0.25) is 14.6 Å². The third-order valence-corrected chi connectivity index (χ3v) is 6.95. The first kappa shape index (κ1) is 22.2. The summed E-state index contributed by atoms with van der Waals surface area (Å²) < 4.78 is 6.44. The quantitative estimate of drug-likeness (QED) is 0.508. The number of aromatic nitrogens is 1. The molecule has 1 aliphatic heterocycles. The number of amides is 1. The largest absolute Gasteiger partial charge is 0.379 e. The molecule has 7 heteroatoms. The predicted molar refractivity (Wildman–Crippen MR) is 128 cm³/mol. The van der Waals surface area contributed by atoms with Crippen LogP contribution in [0, 0.1) is 13.8 Å². The van der Waals surface area contributed by atoms with Crippen LogP contribution in [0.3, 0.4) is 0 Å². The molecular formula is C24H28ClN3O2S. The second kappa shape index (κ2) is 10.1. The minimum atomic E-state index is 0.0825. The van der Waals surface area contributed by atoms with Crippen LogP contribution in [-0.4, -0.2) is 55.2 Å². The molecule has 5 nitrogen and oxygen atoms in total. The van der Waals surface area contributed by atoms with E-state index in [0.717, 1.165) is 65.7 Å². The summed E-state index contributed by atoms with van der Waals surface area (Å²) in [5.41, 5.74) is 4.30. The van der Waals surface area contributed by atoms with E-state index < -0.39 is 0 Å². The Morgan fingerprint density at radius 1 is 1.19 bits per heavy atom. The zero-order valence-corrected chi connectivity index (χ0v) is 19.6. The van der Waals surface area contributed by atoms with Gasteiger partial charge in [-0.1, -0.05) is 46.7 Å². The molecule has 0 N–H and O–H groups in total. The number of morpholine rings is 1. The molecule has 0 unspecified atom stereocenters. The molecule has 164 valence electrons. The van der Waals surface area contributed by atoms with Gasteiger partial charge in [-0.15, -0.1) is 0 Å². The van der Waals surface area contributed by atoms with Gasteiger partial charge in [-0.05, 0) is 49.6 Å². The Hall–Kier alpha value is -1.99. The highest BCUT2D eigenvalue weighted by Gasteiger charge is 2.21. The molecule has 1 saturated heterocycles. The van der Waals surface area contributed by atoms with Crippen molar-refractivity contribution in [3.8, 4) is 0 Å². The van der Waals surface area contributed by atoms with E-state index in [1.807, 2.05) is 23.1 Å². The number of aryl methyl sites for hydroxylation is 2. The van der Waals surface area contributed by atoms with Crippen LogP contribution in [0.1, 0.15) is 23.1 Å². The minimum Gasteiger partial charge on any atom is -0.379 e. The molecule has 1 aliphatic rings. The summed E-state index contributed by atoms with van der Waals surface area (Å²) in [4.78, 5) is 22.4. The lowest BCUT2D eigenvalue weighted by atomic mass is 10.0. The van der Waals surface area contributed by atoms with Crippen LogP contribution in [0.25, 0.3) is 10.2 Å². The SMILES string of the molecule is Cc1ccc(CC(=O)N(CCCN2CCOCC2)c2nc3ccc(Cl)cc3s2)c(C)c1. The number of carbonyl (C=O) groups is 1. The number of thiazole rings is 1. The van der Waals surface area contributed by atoms with Gasteiger partial charge in [0, 0.05) is 31.2 Å². The summed E-state index contributed by atoms with van der Waals surface area (Å²) in [6.07, 6.45) is 1.27. The van der Waals surface area contributed by atoms with Crippen LogP contribution < -0.4 is 4.90 Å². The van der Waals surface area contributed by atoms with Gasteiger partial charge in [-0.25, -0.2) is 4.98 Å². The van der Waals surface area contributed by atoms with E-state index >= 15 is 0 Å². The Labute approximate surface area is 192 Å². The number of halogens is 1. The van der Waals surface area contributed by atoms with Crippen LogP contribution in [0.5, 0.6) is 0 Å². The van der Waals surface area contributed by atoms with E-state index in [4.69, 9.17) is 21.3 Å². The van der Waals surface area contributed by atoms with Crippen LogP contribution in [0.4, 0.5) is 5.13 Å². The molecule has 31 heavy (non-hydrogen) atoms. The molecule has 1 aromatic heterocycles. The highest BCUT2D eigenvalue weighted by Crippen LogP contribution is 2.31. The fraction of sp³-hybridized carbons (Fsp3) is 0.417. The molecule has 2 heterocycles. The number of anilines is 1. The second-order valence-electron chi connectivity index (χ2n) is 8.07. The van der Waals surface area contributed by atoms with Crippen LogP contribution in [0.15, 0.2) is 36.4 Å². The molecule has 0 saturated carbocycles. The van der Waals surface area contributed by atoms with Crippen LogP contribution >= 0.6 is 22.9 Å². The molecule has 0 atom stereocenters. The van der Waals surface area contributed by atoms with Gasteiger partial charge in [0.05, 0.1) is 29.9 Å². The zero-order valence-electron chi connectivity index (χ0n) is 18.1. The van der Waals surface area contributed by atoms with E-state index in [0.29, 0.717) is 18.0 Å². The van der Waals surface area contributed by atoms with E-state index in [1.54, 1.807) is 0 Å². The second-order valence-corrected chi connectivity index (χ2v) is 9.51. The number of ether oxygens (including phenoxy) is 1. The third kappa shape index (κ3) is 5.63. The van der Waals surface area contributed by atoms with Crippen molar-refractivity contribution in [2.75, 3.05) is 44.3 Å². The average molecular weight is 458 g/mol. The minimum absolute atomic E-state index is 0.0825. The Morgan fingerprint density at radius 2 is 2.00 bits per heavy atom. The fourth-order valence-electron chi connectivity index (χ4n) is 3.91. The summed E-state index contributed by atoms with van der Waals surface area (Å²) in [6.45, 7) is 9.22. The first-order chi connectivity index (χ1) is 15.0. The molecule has 0 radical (unpaired) electrons. The lowest BCUT2D eigenvalue weighted by molar-refractivity contribution is -0.118. The highest BCUT2D eigenvalue weighted by molar-refractivity contribution is 7.22. The van der Waals surface area contributed by atoms with Crippen molar-refractivity contribution in [3.63, 3.8) is 0 Å². The number of nitrogens with zero attached hydrogens (tertiary/aromatic N) is 3. The van der Waals surface area contributed by atoms with Crippen molar-refractivity contribution in [1.29, 1.82) is 0 Å². The molecule has 2 aromatic carbocycles. The summed E-state index contributed by atoms with van der Waals surface area (Å²) >= 11 is 7.69. The number of rotatable bonds is 7. The van der Waals surface area contributed by atoms with Gasteiger partial charge in [0.25, 0.3) is 0 Å². The van der Waals surface area contributed by atoms with Crippen molar-refractivity contribution in [2.45, 2.75) is 26.7 Å². The Balaban J connectivity index is 1.53. The average Bonchev–Trinajstić information content (AvgIpc) is 3.16. The summed E-state index contributed by atoms with van der Waals surface area (Å²) in [6, 6.07) is 11.9. The Kier molecular flexibility index (Phi) is 7.23. The van der Waals surface area contributed by atoms with E-state index in [-0.39, 0.29) is 5.91 Å². The lowest BCUT2D eigenvalue weighted by Crippen LogP contribution is -2.39. The van der Waals surface area contributed by atoms with Gasteiger partial charge < -0.3 is 4.74 Å². The summed E-state index contributed by atoms with van der Waals surface area (Å²) in [5.74, 6) is 0.0825. The number of hydrogen-bond acceptors (Lipinski definition) is 5. The molecule has 3 aromatic rings. The normalized spacial score (nSPS) is 14.8. The topological polar surface area (TPSA) is 45.7 Å². The number of carbonyl (C=O) groups excluding carboxylic acids is 1. The molecule has 0 bridgehead atoms. The van der Waals surface area contributed by atoms with E-state index in [1.165, 1.54) is 16.9 Å². The molecule has 1 amide bonds. The maximum atomic E-state index is 13.4. The van der Waals surface area contributed by atoms with Crippen molar-refractivity contribution in [2.24, 2.45) is 0 Å².